The first kappa shape index (κ1) is 10.3. The van der Waals surface area contributed by atoms with Crippen molar-refractivity contribution in [2.75, 3.05) is 0 Å². The van der Waals surface area contributed by atoms with Crippen LogP contribution in [0, 0.1) is 0 Å². The second-order valence-corrected chi connectivity index (χ2v) is 2.73. The molecule has 0 atom stereocenters. The van der Waals surface area contributed by atoms with E-state index >= 15 is 0 Å². The number of hydrogen-bond donors (Lipinski definition) is 1. The molecule has 0 radical (unpaired) electrons. The van der Waals surface area contributed by atoms with E-state index in [4.69, 9.17) is 0 Å². The van der Waals surface area contributed by atoms with Gasteiger partial charge in [-0.25, -0.2) is 4.99 Å². The van der Waals surface area contributed by atoms with Crippen molar-refractivity contribution in [2.45, 2.75) is 6.92 Å². The maximum atomic E-state index is 4.15. The molecule has 0 unspecified atom stereocenters. The maximum Gasteiger partial charge on any atom is 0.137 e. The van der Waals surface area contributed by atoms with Gasteiger partial charge in [-0.3, -0.25) is 0 Å². The summed E-state index contributed by atoms with van der Waals surface area (Å²) in [6.07, 6.45) is 11.1. The SMILES string of the molecule is C=CNC1=NC=C/C1=C\C(C=C)=C\C. The number of amidine groups is 1. The Hall–Kier alpha value is -1.83. The van der Waals surface area contributed by atoms with E-state index in [0.717, 1.165) is 17.0 Å². The van der Waals surface area contributed by atoms with Crippen molar-refractivity contribution in [3.63, 3.8) is 0 Å². The van der Waals surface area contributed by atoms with Gasteiger partial charge in [0.25, 0.3) is 0 Å². The minimum absolute atomic E-state index is 0.821. The molecule has 0 fully saturated rings. The fourth-order valence-electron chi connectivity index (χ4n) is 1.12. The molecule has 0 saturated heterocycles. The van der Waals surface area contributed by atoms with Gasteiger partial charge in [-0.2, -0.15) is 0 Å². The molecular formula is C12H14N2. The molecular weight excluding hydrogens is 172 g/mol. The minimum Gasteiger partial charge on any atom is -0.347 e. The number of nitrogens with one attached hydrogen (secondary N) is 1. The molecule has 0 aromatic heterocycles. The summed E-state index contributed by atoms with van der Waals surface area (Å²) >= 11 is 0. The number of nitrogens with zero attached hydrogens (tertiary/aromatic N) is 1. The highest BCUT2D eigenvalue weighted by molar-refractivity contribution is 6.04. The lowest BCUT2D eigenvalue weighted by Crippen LogP contribution is -2.16. The van der Waals surface area contributed by atoms with Crippen molar-refractivity contribution in [2.24, 2.45) is 4.99 Å². The summed E-state index contributed by atoms with van der Waals surface area (Å²) in [7, 11) is 0. The Morgan fingerprint density at radius 1 is 1.50 bits per heavy atom. The topological polar surface area (TPSA) is 24.4 Å². The largest absolute Gasteiger partial charge is 0.347 e. The molecule has 0 amide bonds. The number of hydrogen-bond acceptors (Lipinski definition) is 2. The van der Waals surface area contributed by atoms with E-state index < -0.39 is 0 Å². The maximum absolute atomic E-state index is 4.15. The van der Waals surface area contributed by atoms with Gasteiger partial charge in [-0.15, -0.1) is 0 Å². The molecule has 0 aromatic carbocycles. The van der Waals surface area contributed by atoms with Crippen molar-refractivity contribution in [3.8, 4) is 0 Å². The zero-order chi connectivity index (χ0) is 10.4. The van der Waals surface area contributed by atoms with Crippen LogP contribution in [0.25, 0.3) is 0 Å². The van der Waals surface area contributed by atoms with E-state index in [0.29, 0.717) is 0 Å². The molecule has 1 heterocycles. The number of allylic oxidation sites excluding steroid dienone is 4. The zero-order valence-corrected chi connectivity index (χ0v) is 8.33. The number of aliphatic imine (C=N–C) groups is 1. The van der Waals surface area contributed by atoms with Crippen LogP contribution in [0.1, 0.15) is 6.92 Å². The van der Waals surface area contributed by atoms with Gasteiger partial charge in [0.1, 0.15) is 5.84 Å². The lowest BCUT2D eigenvalue weighted by molar-refractivity contribution is 1.27. The summed E-state index contributed by atoms with van der Waals surface area (Å²) in [4.78, 5) is 4.15. The lowest BCUT2D eigenvalue weighted by Gasteiger charge is -2.02. The van der Waals surface area contributed by atoms with Crippen LogP contribution in [0.4, 0.5) is 0 Å². The molecule has 1 rings (SSSR count). The fourth-order valence-corrected chi connectivity index (χ4v) is 1.12. The average Bonchev–Trinajstić information content (AvgIpc) is 2.62. The van der Waals surface area contributed by atoms with Crippen molar-refractivity contribution in [3.05, 3.63) is 61.0 Å². The zero-order valence-electron chi connectivity index (χ0n) is 8.33. The highest BCUT2D eigenvalue weighted by atomic mass is 15.0. The lowest BCUT2D eigenvalue weighted by atomic mass is 10.1. The molecule has 0 saturated carbocycles. The predicted molar refractivity (Wildman–Crippen MR) is 61.9 cm³/mol. The van der Waals surface area contributed by atoms with Gasteiger partial charge in [0.2, 0.25) is 0 Å². The van der Waals surface area contributed by atoms with Gasteiger partial charge in [0, 0.05) is 11.8 Å². The van der Waals surface area contributed by atoms with Gasteiger partial charge >= 0.3 is 0 Å². The summed E-state index contributed by atoms with van der Waals surface area (Å²) in [5, 5.41) is 2.97. The van der Waals surface area contributed by atoms with E-state index in [1.165, 1.54) is 0 Å². The smallest absolute Gasteiger partial charge is 0.137 e. The Bertz CT molecular complexity index is 355. The predicted octanol–water partition coefficient (Wildman–Crippen LogP) is 2.70. The van der Waals surface area contributed by atoms with Gasteiger partial charge < -0.3 is 5.32 Å². The summed E-state index contributed by atoms with van der Waals surface area (Å²) in [5.41, 5.74) is 2.11. The normalized spacial score (nSPS) is 18.2. The molecule has 2 nitrogen and oxygen atoms in total. The molecule has 14 heavy (non-hydrogen) atoms. The van der Waals surface area contributed by atoms with Crippen molar-refractivity contribution in [1.29, 1.82) is 0 Å². The second-order valence-electron chi connectivity index (χ2n) is 2.73. The van der Waals surface area contributed by atoms with E-state index in [9.17, 15) is 0 Å². The highest BCUT2D eigenvalue weighted by Crippen LogP contribution is 2.11. The molecule has 0 spiro atoms. The molecule has 0 aliphatic carbocycles. The Kier molecular flexibility index (Phi) is 3.68. The highest BCUT2D eigenvalue weighted by Gasteiger charge is 2.06. The van der Waals surface area contributed by atoms with Crippen LogP contribution in [-0.4, -0.2) is 5.84 Å². The van der Waals surface area contributed by atoms with Crippen LogP contribution >= 0.6 is 0 Å². The summed E-state index contributed by atoms with van der Waals surface area (Å²) in [6.45, 7) is 9.30. The first-order chi connectivity index (χ1) is 6.81. The molecule has 2 heteroatoms. The third kappa shape index (κ3) is 2.33. The second kappa shape index (κ2) is 5.02. The first-order valence-electron chi connectivity index (χ1n) is 4.44. The van der Waals surface area contributed by atoms with Crippen molar-refractivity contribution in [1.82, 2.24) is 5.32 Å². The van der Waals surface area contributed by atoms with Crippen molar-refractivity contribution < 1.29 is 0 Å². The van der Waals surface area contributed by atoms with E-state index in [-0.39, 0.29) is 0 Å². The van der Waals surface area contributed by atoms with Gasteiger partial charge in [-0.1, -0.05) is 25.3 Å². The molecule has 72 valence electrons. The van der Waals surface area contributed by atoms with Gasteiger partial charge in [0.05, 0.1) is 0 Å². The van der Waals surface area contributed by atoms with E-state index in [1.807, 2.05) is 31.2 Å². The van der Waals surface area contributed by atoms with Gasteiger partial charge in [0.15, 0.2) is 0 Å². The molecule has 0 aromatic rings. The summed E-state index contributed by atoms with van der Waals surface area (Å²) < 4.78 is 0. The molecule has 1 aliphatic heterocycles. The molecule has 1 N–H and O–H groups in total. The first-order valence-corrected chi connectivity index (χ1v) is 4.44. The van der Waals surface area contributed by atoms with Crippen molar-refractivity contribution >= 4 is 5.84 Å². The minimum atomic E-state index is 0.821. The fraction of sp³-hybridized carbons (Fsp3) is 0.0833. The van der Waals surface area contributed by atoms with E-state index in [1.54, 1.807) is 12.4 Å². The van der Waals surface area contributed by atoms with Crippen LogP contribution in [0.5, 0.6) is 0 Å². The molecule has 1 aliphatic rings. The number of rotatable bonds is 3. The summed E-state index contributed by atoms with van der Waals surface area (Å²) in [6, 6.07) is 0. The Morgan fingerprint density at radius 2 is 2.29 bits per heavy atom. The quantitative estimate of drug-likeness (QED) is 0.673. The Balaban J connectivity index is 2.88. The van der Waals surface area contributed by atoms with Crippen LogP contribution in [0.2, 0.25) is 0 Å². The average molecular weight is 186 g/mol. The van der Waals surface area contributed by atoms with Crippen LogP contribution in [0.15, 0.2) is 66.0 Å². The summed E-state index contributed by atoms with van der Waals surface area (Å²) in [5.74, 6) is 0.821. The van der Waals surface area contributed by atoms with Crippen LogP contribution < -0.4 is 5.32 Å². The Labute approximate surface area is 84.7 Å². The Morgan fingerprint density at radius 3 is 2.86 bits per heavy atom. The standard InChI is InChI=1S/C12H14N2/c1-4-10(5-2)9-11-7-8-14-12(11)13-6-3/h4-9H,1,3H2,2H3,(H,13,14)/b10-5+,11-9+. The molecule has 0 bridgehead atoms. The third-order valence-corrected chi connectivity index (χ3v) is 1.86. The van der Waals surface area contributed by atoms with Crippen LogP contribution in [-0.2, 0) is 0 Å². The van der Waals surface area contributed by atoms with Crippen LogP contribution in [0.3, 0.4) is 0 Å². The van der Waals surface area contributed by atoms with E-state index in [2.05, 4.69) is 23.5 Å². The monoisotopic (exact) mass is 186 g/mol. The van der Waals surface area contributed by atoms with Gasteiger partial charge in [-0.05, 0) is 30.8 Å². The third-order valence-electron chi connectivity index (χ3n) is 1.86.